The summed E-state index contributed by atoms with van der Waals surface area (Å²) in [4.78, 5) is 18.2. The molecule has 0 fully saturated rings. The van der Waals surface area contributed by atoms with Gasteiger partial charge in [-0.3, -0.25) is 4.79 Å². The Morgan fingerprint density at radius 3 is 2.43 bits per heavy atom. The van der Waals surface area contributed by atoms with Crippen LogP contribution in [0.2, 0.25) is 0 Å². The third kappa shape index (κ3) is 6.24. The molecule has 4 aromatic rings. The second-order valence-electron chi connectivity index (χ2n) is 8.56. The number of amides is 1. The van der Waals surface area contributed by atoms with Gasteiger partial charge < -0.3 is 9.30 Å². The summed E-state index contributed by atoms with van der Waals surface area (Å²) in [6, 6.07) is 21.6. The maximum absolute atomic E-state index is 13.2. The van der Waals surface area contributed by atoms with Crippen LogP contribution in [0, 0.1) is 6.92 Å². The molecule has 0 saturated carbocycles. The molecule has 0 aliphatic heterocycles. The first-order chi connectivity index (χ1) is 17.8. The molecule has 0 radical (unpaired) electrons. The van der Waals surface area contributed by atoms with Crippen LogP contribution in [-0.4, -0.2) is 43.0 Å². The van der Waals surface area contributed by atoms with Crippen LogP contribution in [0.3, 0.4) is 0 Å². The SMILES string of the molecule is CCOCCn1c(=NC(=O)c2ccc(S(=O)(=O)N(CC)Cc3ccccc3)cc2)sc2cc(C)ccc21. The topological polar surface area (TPSA) is 81.0 Å². The monoisotopic (exact) mass is 537 g/mol. The van der Waals surface area contributed by atoms with Gasteiger partial charge in [0.05, 0.1) is 21.7 Å². The Morgan fingerprint density at radius 1 is 1.03 bits per heavy atom. The first kappa shape index (κ1) is 26.9. The highest BCUT2D eigenvalue weighted by Crippen LogP contribution is 2.21. The molecular weight excluding hydrogens is 506 g/mol. The van der Waals surface area contributed by atoms with Gasteiger partial charge in [-0.05, 0) is 61.4 Å². The number of aromatic nitrogens is 1. The molecule has 0 N–H and O–H groups in total. The third-order valence-corrected chi connectivity index (χ3v) is 8.97. The highest BCUT2D eigenvalue weighted by molar-refractivity contribution is 7.89. The molecule has 0 saturated heterocycles. The Balaban J connectivity index is 1.61. The lowest BCUT2D eigenvalue weighted by molar-refractivity contribution is 0.0996. The molecule has 3 aromatic carbocycles. The number of aryl methyl sites for hydroxylation is 1. The molecule has 0 atom stereocenters. The third-order valence-electron chi connectivity index (χ3n) is 5.99. The van der Waals surface area contributed by atoms with E-state index in [0.717, 1.165) is 21.3 Å². The summed E-state index contributed by atoms with van der Waals surface area (Å²) in [6.45, 7) is 8.10. The molecule has 1 aromatic heterocycles. The Hall–Kier alpha value is -3.11. The summed E-state index contributed by atoms with van der Waals surface area (Å²) in [5, 5.41) is 0. The molecule has 0 spiro atoms. The van der Waals surface area contributed by atoms with E-state index >= 15 is 0 Å². The molecule has 9 heteroatoms. The van der Waals surface area contributed by atoms with E-state index in [4.69, 9.17) is 4.74 Å². The highest BCUT2D eigenvalue weighted by Gasteiger charge is 2.23. The molecule has 194 valence electrons. The van der Waals surface area contributed by atoms with Gasteiger partial charge in [0.2, 0.25) is 10.0 Å². The Kier molecular flexibility index (Phi) is 8.71. The maximum atomic E-state index is 13.2. The van der Waals surface area contributed by atoms with Crippen LogP contribution in [0.25, 0.3) is 10.2 Å². The minimum absolute atomic E-state index is 0.144. The second kappa shape index (κ2) is 12.0. The van der Waals surface area contributed by atoms with Gasteiger partial charge in [0.1, 0.15) is 0 Å². The van der Waals surface area contributed by atoms with Crippen molar-refractivity contribution in [3.63, 3.8) is 0 Å². The highest BCUT2D eigenvalue weighted by atomic mass is 32.2. The molecular formula is C28H31N3O4S2. The van der Waals surface area contributed by atoms with Crippen molar-refractivity contribution in [1.82, 2.24) is 8.87 Å². The van der Waals surface area contributed by atoms with Gasteiger partial charge in [0.15, 0.2) is 4.80 Å². The first-order valence-corrected chi connectivity index (χ1v) is 14.5. The minimum atomic E-state index is -3.72. The van der Waals surface area contributed by atoms with Crippen molar-refractivity contribution in [1.29, 1.82) is 0 Å². The van der Waals surface area contributed by atoms with Crippen LogP contribution >= 0.6 is 11.3 Å². The normalized spacial score (nSPS) is 12.5. The predicted octanol–water partition coefficient (Wildman–Crippen LogP) is 5.00. The molecule has 1 heterocycles. The Labute approximate surface area is 221 Å². The summed E-state index contributed by atoms with van der Waals surface area (Å²) in [6.07, 6.45) is 0. The van der Waals surface area contributed by atoms with Gasteiger partial charge in [-0.15, -0.1) is 0 Å². The number of hydrogen-bond acceptors (Lipinski definition) is 5. The zero-order valence-electron chi connectivity index (χ0n) is 21.3. The largest absolute Gasteiger partial charge is 0.380 e. The van der Waals surface area contributed by atoms with Crippen molar-refractivity contribution >= 4 is 37.5 Å². The van der Waals surface area contributed by atoms with E-state index in [2.05, 4.69) is 11.1 Å². The van der Waals surface area contributed by atoms with E-state index < -0.39 is 15.9 Å². The van der Waals surface area contributed by atoms with Crippen LogP contribution in [-0.2, 0) is 27.8 Å². The number of thiazole rings is 1. The lowest BCUT2D eigenvalue weighted by Gasteiger charge is -2.20. The smallest absolute Gasteiger partial charge is 0.279 e. The van der Waals surface area contributed by atoms with E-state index in [1.165, 1.54) is 39.9 Å². The number of sulfonamides is 1. The molecule has 0 aliphatic rings. The number of benzene rings is 3. The zero-order valence-corrected chi connectivity index (χ0v) is 22.9. The zero-order chi connectivity index (χ0) is 26.4. The van der Waals surface area contributed by atoms with Crippen molar-refractivity contribution in [2.75, 3.05) is 19.8 Å². The second-order valence-corrected chi connectivity index (χ2v) is 11.5. The Bertz CT molecular complexity index is 1540. The van der Waals surface area contributed by atoms with E-state index in [-0.39, 0.29) is 11.4 Å². The standard InChI is InChI=1S/C28H31N3O4S2/c1-4-30(20-22-9-7-6-8-10-22)37(33,34)24-14-12-23(13-15-24)27(32)29-28-31(17-18-35-5-2)25-16-11-21(3)19-26(25)36-28/h6-16,19H,4-5,17-18,20H2,1-3H3. The van der Waals surface area contributed by atoms with Crippen LogP contribution in [0.1, 0.15) is 35.3 Å². The molecule has 1 amide bonds. The quantitative estimate of drug-likeness (QED) is 0.267. The van der Waals surface area contributed by atoms with Crippen LogP contribution in [0.5, 0.6) is 0 Å². The average molecular weight is 538 g/mol. The number of carbonyl (C=O) groups excluding carboxylic acids is 1. The number of rotatable bonds is 10. The van der Waals surface area contributed by atoms with Crippen molar-refractivity contribution in [2.45, 2.75) is 38.8 Å². The average Bonchev–Trinajstić information content (AvgIpc) is 3.23. The number of ether oxygens (including phenoxy) is 1. The molecule has 7 nitrogen and oxygen atoms in total. The molecule has 4 rings (SSSR count). The van der Waals surface area contributed by atoms with E-state index in [1.54, 1.807) is 0 Å². The predicted molar refractivity (Wildman–Crippen MR) is 147 cm³/mol. The number of hydrogen-bond donors (Lipinski definition) is 0. The van der Waals surface area contributed by atoms with Crippen LogP contribution in [0.4, 0.5) is 0 Å². The van der Waals surface area contributed by atoms with Gasteiger partial charge in [-0.2, -0.15) is 9.30 Å². The van der Waals surface area contributed by atoms with E-state index in [1.807, 2.05) is 67.8 Å². The fraction of sp³-hybridized carbons (Fsp3) is 0.286. The summed E-state index contributed by atoms with van der Waals surface area (Å²) in [5.74, 6) is -0.422. The molecule has 37 heavy (non-hydrogen) atoms. The van der Waals surface area contributed by atoms with Crippen LogP contribution in [0.15, 0.2) is 82.7 Å². The van der Waals surface area contributed by atoms with E-state index in [9.17, 15) is 13.2 Å². The van der Waals surface area contributed by atoms with Gasteiger partial charge in [-0.25, -0.2) is 8.42 Å². The lowest BCUT2D eigenvalue weighted by atomic mass is 10.2. The summed E-state index contributed by atoms with van der Waals surface area (Å²) >= 11 is 1.45. The number of fused-ring (bicyclic) bond motifs is 1. The van der Waals surface area contributed by atoms with Gasteiger partial charge in [0.25, 0.3) is 5.91 Å². The van der Waals surface area contributed by atoms with Crippen molar-refractivity contribution < 1.29 is 17.9 Å². The minimum Gasteiger partial charge on any atom is -0.380 e. The van der Waals surface area contributed by atoms with Gasteiger partial charge >= 0.3 is 0 Å². The van der Waals surface area contributed by atoms with Gasteiger partial charge in [-0.1, -0.05) is 54.7 Å². The lowest BCUT2D eigenvalue weighted by Crippen LogP contribution is -2.30. The van der Waals surface area contributed by atoms with Crippen LogP contribution < -0.4 is 4.80 Å². The molecule has 0 unspecified atom stereocenters. The maximum Gasteiger partial charge on any atom is 0.279 e. The first-order valence-electron chi connectivity index (χ1n) is 12.2. The fourth-order valence-electron chi connectivity index (χ4n) is 4.01. The van der Waals surface area contributed by atoms with E-state index in [0.29, 0.717) is 36.7 Å². The Morgan fingerprint density at radius 2 is 1.76 bits per heavy atom. The van der Waals surface area contributed by atoms with Crippen molar-refractivity contribution in [3.8, 4) is 0 Å². The summed E-state index contributed by atoms with van der Waals surface area (Å²) in [5.41, 5.74) is 3.37. The summed E-state index contributed by atoms with van der Waals surface area (Å²) in [7, 11) is -3.72. The number of carbonyl (C=O) groups is 1. The van der Waals surface area contributed by atoms with Gasteiger partial charge in [0, 0.05) is 31.8 Å². The van der Waals surface area contributed by atoms with Crippen molar-refractivity contribution in [2.24, 2.45) is 4.99 Å². The molecule has 0 aliphatic carbocycles. The summed E-state index contributed by atoms with van der Waals surface area (Å²) < 4.78 is 36.5. The fourth-order valence-corrected chi connectivity index (χ4v) is 6.60. The number of nitrogens with zero attached hydrogens (tertiary/aromatic N) is 3. The molecule has 0 bridgehead atoms. The van der Waals surface area contributed by atoms with Crippen molar-refractivity contribution in [3.05, 3.63) is 94.3 Å².